The lowest BCUT2D eigenvalue weighted by Gasteiger charge is -2.22. The van der Waals surface area contributed by atoms with Crippen LogP contribution in [-0.2, 0) is 42.5 Å². The van der Waals surface area contributed by atoms with Crippen molar-refractivity contribution in [2.75, 3.05) is 7.11 Å². The van der Waals surface area contributed by atoms with Crippen LogP contribution in [0.1, 0.15) is 38.6 Å². The van der Waals surface area contributed by atoms with E-state index in [9.17, 15) is 31.1 Å². The number of carbonyl (C=O) groups is 1. The number of benzene rings is 2. The summed E-state index contributed by atoms with van der Waals surface area (Å²) in [4.78, 5) is 17.9. The smallest absolute Gasteiger partial charge is 0.377 e. The number of alkyl halides is 3. The van der Waals surface area contributed by atoms with E-state index in [4.69, 9.17) is 9.47 Å². The maximum atomic E-state index is 14.6. The SMILES string of the molecule is COCc1nc2c3c(c(C(F)(F)F)cc2n1C)-c1cccn2c(C(=O)c4cc(F)c(F)c(F)c4)cc(c12)COC3. The van der Waals surface area contributed by atoms with Gasteiger partial charge in [-0.2, -0.15) is 13.2 Å². The first-order chi connectivity index (χ1) is 19.0. The van der Waals surface area contributed by atoms with Gasteiger partial charge in [0.2, 0.25) is 5.78 Å². The third-order valence-electron chi connectivity index (χ3n) is 7.07. The van der Waals surface area contributed by atoms with Gasteiger partial charge in [0.25, 0.3) is 0 Å². The van der Waals surface area contributed by atoms with Gasteiger partial charge in [0, 0.05) is 48.2 Å². The lowest BCUT2D eigenvalue weighted by atomic mass is 9.91. The van der Waals surface area contributed by atoms with E-state index < -0.39 is 40.5 Å². The van der Waals surface area contributed by atoms with Gasteiger partial charge in [-0.15, -0.1) is 0 Å². The number of hydrogen-bond donors (Lipinski definition) is 0. The van der Waals surface area contributed by atoms with E-state index >= 15 is 0 Å². The molecule has 1 aliphatic rings. The van der Waals surface area contributed by atoms with Crippen LogP contribution in [0.3, 0.4) is 0 Å². The molecule has 0 amide bonds. The Balaban J connectivity index is 1.65. The summed E-state index contributed by atoms with van der Waals surface area (Å²) in [7, 11) is 3.06. The molecule has 6 nitrogen and oxygen atoms in total. The first kappa shape index (κ1) is 26.1. The Morgan fingerprint density at radius 2 is 1.82 bits per heavy atom. The molecule has 0 saturated carbocycles. The lowest BCUT2D eigenvalue weighted by Crippen LogP contribution is -2.13. The van der Waals surface area contributed by atoms with Crippen LogP contribution in [0.2, 0.25) is 0 Å². The zero-order valence-electron chi connectivity index (χ0n) is 21.0. The molecule has 0 N–H and O–H groups in total. The average Bonchev–Trinajstić information content (AvgIpc) is 3.42. The number of halogens is 6. The molecule has 0 saturated heterocycles. The van der Waals surface area contributed by atoms with Crippen molar-refractivity contribution in [2.24, 2.45) is 7.05 Å². The maximum absolute atomic E-state index is 14.6. The van der Waals surface area contributed by atoms with E-state index in [1.54, 1.807) is 7.05 Å². The average molecular weight is 559 g/mol. The second-order valence-electron chi connectivity index (χ2n) is 9.43. The van der Waals surface area contributed by atoms with Crippen LogP contribution in [0.15, 0.2) is 42.6 Å². The summed E-state index contributed by atoms with van der Waals surface area (Å²) in [6, 6.07) is 6.56. The highest BCUT2D eigenvalue weighted by atomic mass is 19.4. The zero-order chi connectivity index (χ0) is 28.5. The number of ketones is 1. The van der Waals surface area contributed by atoms with E-state index in [0.29, 0.717) is 29.0 Å². The minimum atomic E-state index is -4.76. The second kappa shape index (κ2) is 9.20. The number of carbonyl (C=O) groups excluding carboxylic acids is 1. The maximum Gasteiger partial charge on any atom is 0.417 e. The van der Waals surface area contributed by atoms with Gasteiger partial charge in [0.15, 0.2) is 17.5 Å². The summed E-state index contributed by atoms with van der Waals surface area (Å²) in [5.41, 5.74) is 0.0181. The Labute approximate surface area is 222 Å². The Kier molecular flexibility index (Phi) is 6.00. The van der Waals surface area contributed by atoms with E-state index in [-0.39, 0.29) is 53.2 Å². The molecule has 0 atom stereocenters. The van der Waals surface area contributed by atoms with Gasteiger partial charge >= 0.3 is 6.18 Å². The Bertz CT molecular complexity index is 1830. The van der Waals surface area contributed by atoms with Crippen LogP contribution < -0.4 is 0 Å². The summed E-state index contributed by atoms with van der Waals surface area (Å²) in [5.74, 6) is -5.22. The second-order valence-corrected chi connectivity index (χ2v) is 9.43. The molecule has 12 heteroatoms. The zero-order valence-corrected chi connectivity index (χ0v) is 21.0. The third kappa shape index (κ3) is 3.89. The van der Waals surface area contributed by atoms with Crippen LogP contribution in [0, 0.1) is 17.5 Å². The van der Waals surface area contributed by atoms with Crippen molar-refractivity contribution >= 4 is 22.3 Å². The van der Waals surface area contributed by atoms with Gasteiger partial charge in [-0.3, -0.25) is 4.79 Å². The van der Waals surface area contributed by atoms with E-state index in [0.717, 1.165) is 6.07 Å². The molecule has 0 radical (unpaired) electrons. The molecule has 0 aliphatic carbocycles. The molecule has 0 fully saturated rings. The summed E-state index contributed by atoms with van der Waals surface area (Å²) in [6.07, 6.45) is -3.30. The lowest BCUT2D eigenvalue weighted by molar-refractivity contribution is -0.137. The number of nitrogens with zero attached hydrogens (tertiary/aromatic N) is 3. The van der Waals surface area contributed by atoms with Gasteiger partial charge < -0.3 is 18.4 Å². The molecule has 206 valence electrons. The number of imidazole rings is 1. The predicted octanol–water partition coefficient (Wildman–Crippen LogP) is 6.34. The molecular formula is C28H19F6N3O3. The number of rotatable bonds is 4. The first-order valence-corrected chi connectivity index (χ1v) is 12.0. The highest BCUT2D eigenvalue weighted by Crippen LogP contribution is 2.45. The van der Waals surface area contributed by atoms with Crippen LogP contribution >= 0.6 is 0 Å². The van der Waals surface area contributed by atoms with Gasteiger partial charge in [-0.25, -0.2) is 18.2 Å². The minimum absolute atomic E-state index is 0.0745. The number of aryl methyl sites for hydroxylation is 1. The van der Waals surface area contributed by atoms with E-state index in [1.807, 2.05) is 0 Å². The van der Waals surface area contributed by atoms with E-state index in [2.05, 4.69) is 4.98 Å². The molecule has 6 rings (SSSR count). The summed E-state index contributed by atoms with van der Waals surface area (Å²) < 4.78 is 99.0. The first-order valence-electron chi connectivity index (χ1n) is 12.0. The number of pyridine rings is 1. The molecule has 1 aliphatic heterocycles. The summed E-state index contributed by atoms with van der Waals surface area (Å²) >= 11 is 0. The number of aromatic nitrogens is 3. The highest BCUT2D eigenvalue weighted by molar-refractivity contribution is 6.09. The molecule has 2 aromatic carbocycles. The minimum Gasteiger partial charge on any atom is -0.377 e. The molecule has 0 unspecified atom stereocenters. The number of methoxy groups -OCH3 is 1. The molecule has 5 aromatic rings. The van der Waals surface area contributed by atoms with Crippen molar-refractivity contribution in [3.63, 3.8) is 0 Å². The van der Waals surface area contributed by atoms with Crippen LogP contribution in [0.4, 0.5) is 26.3 Å². The fourth-order valence-corrected chi connectivity index (χ4v) is 5.29. The summed E-state index contributed by atoms with van der Waals surface area (Å²) in [6.45, 7) is -0.200. The molecular weight excluding hydrogens is 540 g/mol. The fraction of sp³-hybridized carbons (Fsp3) is 0.214. The molecule has 40 heavy (non-hydrogen) atoms. The Hall–Kier alpha value is -4.16. The number of ether oxygens (including phenoxy) is 2. The predicted molar refractivity (Wildman–Crippen MR) is 131 cm³/mol. The van der Waals surface area contributed by atoms with Crippen molar-refractivity contribution in [2.45, 2.75) is 26.0 Å². The molecule has 0 bridgehead atoms. The molecule has 3 aromatic heterocycles. The number of hydrogen-bond acceptors (Lipinski definition) is 4. The van der Waals surface area contributed by atoms with Crippen molar-refractivity contribution < 1.29 is 40.6 Å². The summed E-state index contributed by atoms with van der Waals surface area (Å²) in [5, 5.41) is 0. The standard InChI is InChI=1S/C28H19F6N3O3/c1-36-20-9-17(28(32,33)34)23-15-4-3-5-37-21(27(38)13-6-18(29)24(31)19(30)7-13)8-14(26(15)37)10-40-11-16(23)25(20)35-22(36)12-39-2/h3-9H,10-12H2,1-2H3. The number of fused-ring (bicyclic) bond motifs is 4. The van der Waals surface area contributed by atoms with Crippen LogP contribution in [0.25, 0.3) is 27.7 Å². The normalized spacial score (nSPS) is 13.5. The molecule has 0 spiro atoms. The Morgan fingerprint density at radius 1 is 1.10 bits per heavy atom. The van der Waals surface area contributed by atoms with Gasteiger partial charge in [-0.1, -0.05) is 6.07 Å². The van der Waals surface area contributed by atoms with Crippen molar-refractivity contribution in [3.8, 4) is 11.1 Å². The topological polar surface area (TPSA) is 57.8 Å². The third-order valence-corrected chi connectivity index (χ3v) is 7.07. The van der Waals surface area contributed by atoms with Crippen molar-refractivity contribution in [1.82, 2.24) is 14.0 Å². The Morgan fingerprint density at radius 3 is 2.50 bits per heavy atom. The van der Waals surface area contributed by atoms with Crippen LogP contribution in [-0.4, -0.2) is 26.8 Å². The van der Waals surface area contributed by atoms with Gasteiger partial charge in [0.1, 0.15) is 12.4 Å². The van der Waals surface area contributed by atoms with Gasteiger partial charge in [0.05, 0.1) is 41.0 Å². The largest absolute Gasteiger partial charge is 0.417 e. The monoisotopic (exact) mass is 559 g/mol. The van der Waals surface area contributed by atoms with E-state index in [1.165, 1.54) is 40.5 Å². The quantitative estimate of drug-likeness (QED) is 0.147. The van der Waals surface area contributed by atoms with Crippen molar-refractivity contribution in [3.05, 3.63) is 93.8 Å². The van der Waals surface area contributed by atoms with Crippen LogP contribution in [0.5, 0.6) is 0 Å². The van der Waals surface area contributed by atoms with Gasteiger partial charge in [-0.05, 0) is 30.3 Å². The fourth-order valence-electron chi connectivity index (χ4n) is 5.29. The highest BCUT2D eigenvalue weighted by Gasteiger charge is 2.38. The van der Waals surface area contributed by atoms with Crippen molar-refractivity contribution in [1.29, 1.82) is 0 Å². The molecule has 4 heterocycles.